The molecule has 0 fully saturated rings. The van der Waals surface area contributed by atoms with Gasteiger partial charge in [0.2, 0.25) is 5.96 Å². The molecule has 4 rings (SSSR count). The largest absolute Gasteiger partial charge is 0.363 e. The number of halogens is 1. The van der Waals surface area contributed by atoms with E-state index in [4.69, 9.17) is 11.6 Å². The number of benzene rings is 2. The molecule has 22 heavy (non-hydrogen) atoms. The summed E-state index contributed by atoms with van der Waals surface area (Å²) in [5, 5.41) is 12.3. The van der Waals surface area contributed by atoms with Crippen molar-refractivity contribution in [3.8, 4) is 0 Å². The summed E-state index contributed by atoms with van der Waals surface area (Å²) in [5.74, 6) is 0.793. The zero-order chi connectivity index (χ0) is 15.3. The van der Waals surface area contributed by atoms with Gasteiger partial charge in [-0.25, -0.2) is 0 Å². The molecule has 1 unspecified atom stereocenters. The Morgan fingerprint density at radius 2 is 1.95 bits per heavy atom. The lowest BCUT2D eigenvalue weighted by atomic mass is 9.89. The number of fused-ring (bicyclic) bond motifs is 2. The average molecular weight is 314 g/mol. The van der Waals surface area contributed by atoms with Crippen molar-refractivity contribution in [3.63, 3.8) is 0 Å². The third kappa shape index (κ3) is 1.71. The van der Waals surface area contributed by atoms with Gasteiger partial charge in [0.25, 0.3) is 0 Å². The van der Waals surface area contributed by atoms with E-state index in [0.29, 0.717) is 18.1 Å². The normalized spacial score (nSPS) is 23.1. The van der Waals surface area contributed by atoms with Crippen LogP contribution in [0.2, 0.25) is 5.02 Å². The molecule has 0 saturated carbocycles. The van der Waals surface area contributed by atoms with Gasteiger partial charge in [0.1, 0.15) is 0 Å². The summed E-state index contributed by atoms with van der Waals surface area (Å²) < 4.78 is 0. The van der Waals surface area contributed by atoms with E-state index >= 15 is 0 Å². The van der Waals surface area contributed by atoms with Gasteiger partial charge in [0.15, 0.2) is 5.72 Å². The Bertz CT molecular complexity index is 762. The Morgan fingerprint density at radius 1 is 1.18 bits per heavy atom. The second-order valence-corrected chi connectivity index (χ2v) is 6.03. The smallest absolute Gasteiger partial charge is 0.203 e. The Kier molecular flexibility index (Phi) is 2.93. The molecule has 2 aliphatic heterocycles. The van der Waals surface area contributed by atoms with E-state index in [1.54, 1.807) is 0 Å². The van der Waals surface area contributed by atoms with Gasteiger partial charge in [-0.05, 0) is 18.2 Å². The Hall–Kier alpha value is -2.04. The zero-order valence-electron chi connectivity index (χ0n) is 12.2. The first-order valence-corrected chi connectivity index (χ1v) is 7.64. The zero-order valence-corrected chi connectivity index (χ0v) is 13.0. The minimum Gasteiger partial charge on any atom is -0.363 e. The van der Waals surface area contributed by atoms with Crippen LogP contribution in [0.25, 0.3) is 0 Å². The van der Waals surface area contributed by atoms with Crippen molar-refractivity contribution in [3.05, 3.63) is 64.7 Å². The highest BCUT2D eigenvalue weighted by Crippen LogP contribution is 2.45. The first-order chi connectivity index (χ1) is 10.6. The molecule has 4 nitrogen and oxygen atoms in total. The maximum Gasteiger partial charge on any atom is 0.203 e. The predicted octanol–water partition coefficient (Wildman–Crippen LogP) is 2.65. The van der Waals surface area contributed by atoms with Gasteiger partial charge in [0, 0.05) is 29.7 Å². The fourth-order valence-electron chi connectivity index (χ4n) is 3.34. The van der Waals surface area contributed by atoms with Gasteiger partial charge in [-0.15, -0.1) is 0 Å². The maximum absolute atomic E-state index is 11.7. The standard InChI is InChI=1S/C17H16ClN3O/c1-20-15-8-7-13(18)11-14(15)17(22,12-5-3-2-4-6-12)21-10-9-19-16(20)21/h2-8,11,22H,9-10H2,1H3. The summed E-state index contributed by atoms with van der Waals surface area (Å²) >= 11 is 6.20. The van der Waals surface area contributed by atoms with Crippen molar-refractivity contribution in [1.82, 2.24) is 4.90 Å². The highest BCUT2D eigenvalue weighted by atomic mass is 35.5. The first-order valence-electron chi connectivity index (χ1n) is 7.26. The number of aliphatic hydroxyl groups is 1. The summed E-state index contributed by atoms with van der Waals surface area (Å²) in [6, 6.07) is 15.3. The number of anilines is 1. The molecule has 1 atom stereocenters. The van der Waals surface area contributed by atoms with Crippen LogP contribution in [0.3, 0.4) is 0 Å². The van der Waals surface area contributed by atoms with Gasteiger partial charge in [0.05, 0.1) is 12.2 Å². The number of guanidine groups is 1. The van der Waals surface area contributed by atoms with Crippen molar-refractivity contribution >= 4 is 23.2 Å². The van der Waals surface area contributed by atoms with E-state index < -0.39 is 5.72 Å². The van der Waals surface area contributed by atoms with Crippen LogP contribution < -0.4 is 4.90 Å². The van der Waals surface area contributed by atoms with Crippen LogP contribution in [0.1, 0.15) is 11.1 Å². The quantitative estimate of drug-likeness (QED) is 0.880. The maximum atomic E-state index is 11.7. The summed E-state index contributed by atoms with van der Waals surface area (Å²) in [4.78, 5) is 8.51. The molecule has 0 saturated heterocycles. The predicted molar refractivity (Wildman–Crippen MR) is 88.3 cm³/mol. The fraction of sp³-hybridized carbons (Fsp3) is 0.235. The second-order valence-electron chi connectivity index (χ2n) is 5.59. The van der Waals surface area contributed by atoms with Crippen LogP contribution in [0.4, 0.5) is 5.69 Å². The topological polar surface area (TPSA) is 39.1 Å². The molecule has 0 bridgehead atoms. The third-order valence-corrected chi connectivity index (χ3v) is 4.62. The van der Waals surface area contributed by atoms with Crippen molar-refractivity contribution < 1.29 is 5.11 Å². The Labute approximate surface area is 134 Å². The number of rotatable bonds is 1. The average Bonchev–Trinajstić information content (AvgIpc) is 3.04. The van der Waals surface area contributed by atoms with Crippen LogP contribution in [-0.2, 0) is 5.72 Å². The number of hydrogen-bond acceptors (Lipinski definition) is 4. The minimum atomic E-state index is -1.25. The highest BCUT2D eigenvalue weighted by Gasteiger charge is 2.48. The van der Waals surface area contributed by atoms with Crippen LogP contribution in [0.15, 0.2) is 53.5 Å². The van der Waals surface area contributed by atoms with Crippen LogP contribution >= 0.6 is 11.6 Å². The van der Waals surface area contributed by atoms with E-state index in [0.717, 1.165) is 22.8 Å². The van der Waals surface area contributed by atoms with Gasteiger partial charge < -0.3 is 14.9 Å². The number of aliphatic imine (C=N–C) groups is 1. The molecule has 2 aromatic rings. The molecule has 0 spiro atoms. The van der Waals surface area contributed by atoms with Gasteiger partial charge in [-0.1, -0.05) is 41.9 Å². The molecule has 1 N–H and O–H groups in total. The lowest BCUT2D eigenvalue weighted by Crippen LogP contribution is -2.57. The van der Waals surface area contributed by atoms with Crippen LogP contribution in [0, 0.1) is 0 Å². The van der Waals surface area contributed by atoms with E-state index in [9.17, 15) is 5.11 Å². The summed E-state index contributed by atoms with van der Waals surface area (Å²) in [6.45, 7) is 1.35. The van der Waals surface area contributed by atoms with Gasteiger partial charge in [-0.3, -0.25) is 4.99 Å². The number of nitrogens with zero attached hydrogens (tertiary/aromatic N) is 3. The molecule has 2 aliphatic rings. The SMILES string of the molecule is CN1C2=NCCN2C(O)(c2ccccc2)c2cc(Cl)ccc21. The van der Waals surface area contributed by atoms with Gasteiger partial charge >= 0.3 is 0 Å². The van der Waals surface area contributed by atoms with Crippen molar-refractivity contribution in [2.75, 3.05) is 25.0 Å². The molecule has 0 aromatic heterocycles. The Morgan fingerprint density at radius 3 is 2.73 bits per heavy atom. The summed E-state index contributed by atoms with van der Waals surface area (Å²) in [6.07, 6.45) is 0. The lowest BCUT2D eigenvalue weighted by Gasteiger charge is -2.47. The molecule has 0 amide bonds. The minimum absolute atomic E-state index is 0.612. The molecule has 0 radical (unpaired) electrons. The molecule has 2 aromatic carbocycles. The monoisotopic (exact) mass is 313 g/mol. The molecule has 112 valence electrons. The highest BCUT2D eigenvalue weighted by molar-refractivity contribution is 6.30. The molecular weight excluding hydrogens is 298 g/mol. The lowest BCUT2D eigenvalue weighted by molar-refractivity contribution is -0.0356. The van der Waals surface area contributed by atoms with E-state index in [2.05, 4.69) is 4.99 Å². The molecule has 5 heteroatoms. The molecule has 2 heterocycles. The van der Waals surface area contributed by atoms with E-state index in [1.165, 1.54) is 0 Å². The van der Waals surface area contributed by atoms with Gasteiger partial charge in [-0.2, -0.15) is 0 Å². The first kappa shape index (κ1) is 13.6. The van der Waals surface area contributed by atoms with Crippen molar-refractivity contribution in [1.29, 1.82) is 0 Å². The van der Waals surface area contributed by atoms with Crippen LogP contribution in [-0.4, -0.2) is 36.1 Å². The molecular formula is C17H16ClN3O. The summed E-state index contributed by atoms with van der Waals surface area (Å²) in [7, 11) is 1.97. The second kappa shape index (κ2) is 4.73. The number of hydrogen-bond donors (Lipinski definition) is 1. The van der Waals surface area contributed by atoms with E-state index in [-0.39, 0.29) is 0 Å². The Balaban J connectivity index is 2.02. The summed E-state index contributed by atoms with van der Waals surface area (Å²) in [5.41, 5.74) is 1.28. The van der Waals surface area contributed by atoms with Crippen molar-refractivity contribution in [2.24, 2.45) is 4.99 Å². The fourth-order valence-corrected chi connectivity index (χ4v) is 3.52. The molecule has 0 aliphatic carbocycles. The third-order valence-electron chi connectivity index (χ3n) is 4.38. The van der Waals surface area contributed by atoms with Crippen LogP contribution in [0.5, 0.6) is 0 Å². The van der Waals surface area contributed by atoms with Crippen molar-refractivity contribution in [2.45, 2.75) is 5.72 Å². The van der Waals surface area contributed by atoms with E-state index in [1.807, 2.05) is 65.4 Å².